The smallest absolute Gasteiger partial charge is 0.235 e. The second kappa shape index (κ2) is 24.0. The molecular weight excluding hydrogens is 683 g/mol. The maximum Gasteiger partial charge on any atom is 0.235 e. The average Bonchev–Trinajstić information content (AvgIpc) is 3.71. The van der Waals surface area contributed by atoms with Crippen LogP contribution in [-0.4, -0.2) is 78.9 Å². The van der Waals surface area contributed by atoms with Gasteiger partial charge in [0.2, 0.25) is 12.3 Å². The topological polar surface area (TPSA) is 145 Å². The van der Waals surface area contributed by atoms with E-state index in [-0.39, 0.29) is 36.4 Å². The van der Waals surface area contributed by atoms with Gasteiger partial charge in [-0.3, -0.25) is 4.79 Å². The Balaban J connectivity index is 0.000000420. The molecular formula is C40H59N4O6V-. The van der Waals surface area contributed by atoms with Crippen molar-refractivity contribution >= 4 is 30.0 Å². The quantitative estimate of drug-likeness (QED) is 0.128. The molecule has 10 nitrogen and oxygen atoms in total. The SMILES string of the molecule is CC(C)(C)[C@H](O)C=O.CN1CCC(c2ccccc2)C1[C-]=O.COc1ccc2nc(CCCCCC3CCCC3C)c(OC)nc2c1.NC=O.[V]. The molecule has 3 aromatic rings. The van der Waals surface area contributed by atoms with Crippen LogP contribution in [0.25, 0.3) is 11.0 Å². The van der Waals surface area contributed by atoms with E-state index in [0.717, 1.165) is 60.1 Å². The zero-order valence-electron chi connectivity index (χ0n) is 31.6. The fraction of sp³-hybridized carbons (Fsp3) is 0.575. The van der Waals surface area contributed by atoms with E-state index in [2.05, 4.69) is 41.0 Å². The van der Waals surface area contributed by atoms with Gasteiger partial charge in [-0.05, 0) is 73.7 Å². The maximum absolute atomic E-state index is 10.8. The number of rotatable bonds is 11. The third-order valence-electron chi connectivity index (χ3n) is 9.64. The molecule has 0 bridgehead atoms. The summed E-state index contributed by atoms with van der Waals surface area (Å²) in [7, 11) is 5.31. The maximum atomic E-state index is 10.8. The molecule has 1 radical (unpaired) electrons. The van der Waals surface area contributed by atoms with Crippen molar-refractivity contribution in [1.82, 2.24) is 14.9 Å². The molecule has 1 amide bonds. The summed E-state index contributed by atoms with van der Waals surface area (Å²) in [4.78, 5) is 40.8. The molecule has 281 valence electrons. The van der Waals surface area contributed by atoms with Crippen molar-refractivity contribution < 1.29 is 47.5 Å². The molecule has 5 atom stereocenters. The Bertz CT molecular complexity index is 1440. The zero-order valence-corrected chi connectivity index (χ0v) is 33.0. The van der Waals surface area contributed by atoms with E-state index in [1.807, 2.05) is 64.2 Å². The number of unbranched alkanes of at least 4 members (excludes halogenated alkanes) is 2. The van der Waals surface area contributed by atoms with Gasteiger partial charge in [-0.2, -0.15) is 0 Å². The van der Waals surface area contributed by atoms with Crippen LogP contribution in [0.1, 0.15) is 96.2 Å². The first-order valence-electron chi connectivity index (χ1n) is 17.7. The van der Waals surface area contributed by atoms with Crippen LogP contribution in [0.5, 0.6) is 11.6 Å². The molecule has 11 heteroatoms. The Morgan fingerprint density at radius 2 is 1.69 bits per heavy atom. The fourth-order valence-electron chi connectivity index (χ4n) is 6.41. The molecule has 1 aromatic heterocycles. The summed E-state index contributed by atoms with van der Waals surface area (Å²) in [6, 6.07) is 16.0. The summed E-state index contributed by atoms with van der Waals surface area (Å²) < 4.78 is 10.7. The molecule has 2 heterocycles. The second-order valence-electron chi connectivity index (χ2n) is 14.2. The Morgan fingerprint density at radius 3 is 2.22 bits per heavy atom. The molecule has 1 aliphatic carbocycles. The minimum Gasteiger partial charge on any atom is -0.540 e. The van der Waals surface area contributed by atoms with Crippen molar-refractivity contribution in [2.45, 2.75) is 104 Å². The molecule has 0 spiro atoms. The number of aryl methyl sites for hydroxylation is 1. The number of carbonyl (C=O) groups is 2. The third-order valence-corrected chi connectivity index (χ3v) is 9.64. The monoisotopic (exact) mass is 742 g/mol. The summed E-state index contributed by atoms with van der Waals surface area (Å²) in [5.74, 6) is 3.66. The summed E-state index contributed by atoms with van der Waals surface area (Å²) in [5, 5.41) is 8.83. The molecule has 5 rings (SSSR count). The zero-order chi connectivity index (χ0) is 37.1. The molecule has 1 aliphatic heterocycles. The number of ether oxygens (including phenoxy) is 2. The minimum atomic E-state index is -0.831. The number of benzene rings is 2. The van der Waals surface area contributed by atoms with E-state index < -0.39 is 6.10 Å². The molecule has 2 aromatic carbocycles. The van der Waals surface area contributed by atoms with Crippen molar-refractivity contribution in [3.05, 3.63) is 59.8 Å². The van der Waals surface area contributed by atoms with E-state index in [4.69, 9.17) is 24.4 Å². The Hall–Kier alpha value is -3.31. The number of likely N-dealkylation sites (tertiary alicyclic amines) is 1. The molecule has 3 N–H and O–H groups in total. The van der Waals surface area contributed by atoms with Gasteiger partial charge in [-0.15, -0.1) is 0 Å². The van der Waals surface area contributed by atoms with Crippen molar-refractivity contribution in [3.8, 4) is 11.6 Å². The van der Waals surface area contributed by atoms with Gasteiger partial charge in [0, 0.05) is 24.6 Å². The van der Waals surface area contributed by atoms with Crippen molar-refractivity contribution in [2.75, 3.05) is 27.8 Å². The van der Waals surface area contributed by atoms with Crippen LogP contribution in [-0.2, 0) is 39.4 Å². The number of aliphatic hydroxyl groups excluding tert-OH is 1. The van der Waals surface area contributed by atoms with E-state index in [9.17, 15) is 9.59 Å². The first-order chi connectivity index (χ1) is 23.9. The van der Waals surface area contributed by atoms with Gasteiger partial charge in [-0.1, -0.05) is 103 Å². The number of carbonyl (C=O) groups excluding carboxylic acids is 3. The molecule has 4 unspecified atom stereocenters. The van der Waals surface area contributed by atoms with Crippen molar-refractivity contribution in [3.63, 3.8) is 0 Å². The molecule has 51 heavy (non-hydrogen) atoms. The van der Waals surface area contributed by atoms with Crippen LogP contribution in [0.4, 0.5) is 0 Å². The van der Waals surface area contributed by atoms with E-state index >= 15 is 0 Å². The van der Waals surface area contributed by atoms with E-state index in [1.54, 1.807) is 14.2 Å². The summed E-state index contributed by atoms with van der Waals surface area (Å²) in [6.07, 6.45) is 13.5. The predicted molar refractivity (Wildman–Crippen MR) is 199 cm³/mol. The number of aromatic nitrogens is 2. The number of nitrogens with zero attached hydrogens (tertiary/aromatic N) is 3. The van der Waals surface area contributed by atoms with Gasteiger partial charge < -0.3 is 34.8 Å². The van der Waals surface area contributed by atoms with Gasteiger partial charge in [0.1, 0.15) is 23.8 Å². The molecule has 2 fully saturated rings. The Labute approximate surface area is 317 Å². The number of nitrogens with two attached hydrogens (primary N) is 1. The fourth-order valence-corrected chi connectivity index (χ4v) is 6.41. The average molecular weight is 743 g/mol. The van der Waals surface area contributed by atoms with Crippen LogP contribution in [0, 0.1) is 17.3 Å². The molecule has 2 aliphatic rings. The summed E-state index contributed by atoms with van der Waals surface area (Å²) in [6.45, 7) is 8.84. The number of amides is 1. The van der Waals surface area contributed by atoms with Gasteiger partial charge in [0.25, 0.3) is 0 Å². The van der Waals surface area contributed by atoms with E-state index in [0.29, 0.717) is 18.1 Å². The predicted octanol–water partition coefficient (Wildman–Crippen LogP) is 6.46. The van der Waals surface area contributed by atoms with Gasteiger partial charge in [0.15, 0.2) is 0 Å². The first kappa shape index (κ1) is 45.7. The third kappa shape index (κ3) is 15.1. The number of aliphatic hydroxyl groups is 1. The van der Waals surface area contributed by atoms with Crippen LogP contribution in [0.15, 0.2) is 48.5 Å². The first-order valence-corrected chi connectivity index (χ1v) is 17.7. The molecule has 1 saturated carbocycles. The number of methoxy groups -OCH3 is 2. The van der Waals surface area contributed by atoms with Crippen LogP contribution in [0.2, 0.25) is 0 Å². The van der Waals surface area contributed by atoms with Crippen LogP contribution >= 0.6 is 0 Å². The van der Waals surface area contributed by atoms with Gasteiger partial charge >= 0.3 is 0 Å². The van der Waals surface area contributed by atoms with Crippen molar-refractivity contribution in [1.29, 1.82) is 0 Å². The van der Waals surface area contributed by atoms with Gasteiger partial charge in [-0.25, -0.2) is 16.3 Å². The molecule has 1 saturated heterocycles. The van der Waals surface area contributed by atoms with Crippen molar-refractivity contribution in [2.24, 2.45) is 23.0 Å². The standard InChI is InChI=1S/C21H30N2O2.C12H14NO.C6H12O2.CH3NO.V/c1-15-8-7-10-16(15)9-5-4-6-11-19-21(25-3)23-20-14-17(24-2)12-13-18(20)22-19;1-13-8-7-11(12(13)9-14)10-5-3-2-4-6-10;1-6(2,3)5(8)4-7;2-1-3;/h12-16H,4-11H2,1-3H3;2-6,11-12H,7-8H2,1H3;4-5,8H,1-3H3;1H,(H2,2,3);/q;-1;;;/t;;5-;;/m..1../s1. The normalized spacial score (nSPS) is 20.2. The second-order valence-corrected chi connectivity index (χ2v) is 14.2. The summed E-state index contributed by atoms with van der Waals surface area (Å²) >= 11 is 0. The number of primary amides is 1. The Kier molecular flexibility index (Phi) is 21.5. The minimum absolute atomic E-state index is 0. The number of likely N-dealkylation sites (N-methyl/N-ethyl adjacent to an activating group) is 1. The number of fused-ring (bicyclic) bond motifs is 1. The van der Waals surface area contributed by atoms with Crippen LogP contribution in [0.3, 0.4) is 0 Å². The van der Waals surface area contributed by atoms with E-state index in [1.165, 1.54) is 44.1 Å². The Morgan fingerprint density at radius 1 is 1.00 bits per heavy atom. The largest absolute Gasteiger partial charge is 0.540 e. The summed E-state index contributed by atoms with van der Waals surface area (Å²) in [5.41, 5.74) is 7.80. The number of hydrogen-bond acceptors (Lipinski definition) is 9. The number of aldehydes is 1. The van der Waals surface area contributed by atoms with Crippen LogP contribution < -0.4 is 15.2 Å². The van der Waals surface area contributed by atoms with Gasteiger partial charge in [0.05, 0.1) is 25.3 Å². The number of hydrogen-bond donors (Lipinski definition) is 2.